The highest BCUT2D eigenvalue weighted by Gasteiger charge is 2.24. The summed E-state index contributed by atoms with van der Waals surface area (Å²) in [7, 11) is 1.68. The average molecular weight is 214 g/mol. The number of thiazole rings is 1. The Hall–Kier alpha value is -0.450. The zero-order valence-corrected chi connectivity index (χ0v) is 9.86. The summed E-state index contributed by atoms with van der Waals surface area (Å²) >= 11 is 1.67. The summed E-state index contributed by atoms with van der Waals surface area (Å²) in [6, 6.07) is 0. The molecule has 0 aliphatic carbocycles. The Labute approximate surface area is 89.3 Å². The lowest BCUT2D eigenvalue weighted by molar-refractivity contribution is 0.129. The van der Waals surface area contributed by atoms with Gasteiger partial charge in [-0.3, -0.25) is 0 Å². The summed E-state index contributed by atoms with van der Waals surface area (Å²) in [5.41, 5.74) is 7.00. The number of aryl methyl sites for hydroxylation is 1. The molecule has 0 bridgehead atoms. The van der Waals surface area contributed by atoms with Crippen molar-refractivity contribution >= 4 is 11.3 Å². The minimum Gasteiger partial charge on any atom is -0.383 e. The van der Waals surface area contributed by atoms with E-state index < -0.39 is 0 Å². The number of nitrogens with two attached hydrogens (primary N) is 1. The normalized spacial score (nSPS) is 15.4. The minimum absolute atomic E-state index is 0.265. The van der Waals surface area contributed by atoms with Crippen LogP contribution in [0.1, 0.15) is 24.0 Å². The van der Waals surface area contributed by atoms with Gasteiger partial charge in [0, 0.05) is 30.1 Å². The number of ether oxygens (including phenoxy) is 1. The second-order valence-electron chi connectivity index (χ2n) is 3.71. The van der Waals surface area contributed by atoms with Gasteiger partial charge in [0.25, 0.3) is 0 Å². The van der Waals surface area contributed by atoms with Gasteiger partial charge in [0.1, 0.15) is 0 Å². The number of aromatic nitrogens is 1. The molecule has 1 atom stereocenters. The highest BCUT2D eigenvalue weighted by Crippen LogP contribution is 2.18. The zero-order chi connectivity index (χ0) is 10.6. The second-order valence-corrected chi connectivity index (χ2v) is 4.65. The Morgan fingerprint density at radius 2 is 2.36 bits per heavy atom. The van der Waals surface area contributed by atoms with Crippen LogP contribution in [0.25, 0.3) is 0 Å². The van der Waals surface area contributed by atoms with Gasteiger partial charge in [0.2, 0.25) is 0 Å². The predicted octanol–water partition coefficient (Wildman–Crippen LogP) is 1.75. The lowest BCUT2D eigenvalue weighted by atomic mass is 9.95. The first-order valence-electron chi connectivity index (χ1n) is 4.78. The van der Waals surface area contributed by atoms with Crippen molar-refractivity contribution in [2.75, 3.05) is 13.7 Å². The third-order valence-corrected chi connectivity index (χ3v) is 3.27. The molecule has 0 fully saturated rings. The molecule has 4 heteroatoms. The first kappa shape index (κ1) is 11.6. The fraction of sp³-hybridized carbons (Fsp3) is 0.700. The molecule has 1 aromatic rings. The maximum Gasteiger partial charge on any atom is 0.0947 e. The van der Waals surface area contributed by atoms with Gasteiger partial charge in [0.15, 0.2) is 0 Å². The molecular weight excluding hydrogens is 196 g/mol. The zero-order valence-electron chi connectivity index (χ0n) is 9.04. The Morgan fingerprint density at radius 1 is 1.64 bits per heavy atom. The number of nitrogens with zero attached hydrogens (tertiary/aromatic N) is 1. The SMILES string of the molecule is CCC(N)(COC)Cc1nc(C)cs1. The standard InChI is InChI=1S/C10H18N2OS/c1-4-10(11,7-13-3)5-9-12-8(2)6-14-9/h6H,4-5,7,11H2,1-3H3. The van der Waals surface area contributed by atoms with Gasteiger partial charge in [-0.05, 0) is 13.3 Å². The molecule has 3 nitrogen and oxygen atoms in total. The van der Waals surface area contributed by atoms with E-state index in [2.05, 4.69) is 17.3 Å². The van der Waals surface area contributed by atoms with Crippen LogP contribution < -0.4 is 5.73 Å². The van der Waals surface area contributed by atoms with E-state index in [1.165, 1.54) is 0 Å². The molecule has 1 aromatic heterocycles. The topological polar surface area (TPSA) is 48.1 Å². The molecular formula is C10H18N2OS. The molecule has 2 N–H and O–H groups in total. The highest BCUT2D eigenvalue weighted by atomic mass is 32.1. The summed E-state index contributed by atoms with van der Waals surface area (Å²) in [6.07, 6.45) is 1.70. The molecule has 1 heterocycles. The first-order chi connectivity index (χ1) is 6.59. The molecule has 0 aromatic carbocycles. The fourth-order valence-corrected chi connectivity index (χ4v) is 2.28. The van der Waals surface area contributed by atoms with E-state index in [1.54, 1.807) is 18.4 Å². The van der Waals surface area contributed by atoms with Crippen LogP contribution in [-0.2, 0) is 11.2 Å². The Bertz CT molecular complexity index is 287. The fourth-order valence-electron chi connectivity index (χ4n) is 1.35. The van der Waals surface area contributed by atoms with Crippen LogP contribution in [0.2, 0.25) is 0 Å². The number of hydrogen-bond acceptors (Lipinski definition) is 4. The number of methoxy groups -OCH3 is 1. The molecule has 0 aliphatic heterocycles. The van der Waals surface area contributed by atoms with E-state index in [9.17, 15) is 0 Å². The van der Waals surface area contributed by atoms with Crippen LogP contribution in [0, 0.1) is 6.92 Å². The van der Waals surface area contributed by atoms with Crippen LogP contribution in [0.15, 0.2) is 5.38 Å². The van der Waals surface area contributed by atoms with Crippen LogP contribution in [0.5, 0.6) is 0 Å². The van der Waals surface area contributed by atoms with E-state index >= 15 is 0 Å². The molecule has 0 aliphatic rings. The van der Waals surface area contributed by atoms with Gasteiger partial charge in [-0.25, -0.2) is 4.98 Å². The van der Waals surface area contributed by atoms with Gasteiger partial charge in [0.05, 0.1) is 11.6 Å². The van der Waals surface area contributed by atoms with Gasteiger partial charge < -0.3 is 10.5 Å². The lowest BCUT2D eigenvalue weighted by Crippen LogP contribution is -2.45. The Kier molecular flexibility index (Phi) is 4.04. The smallest absolute Gasteiger partial charge is 0.0947 e. The van der Waals surface area contributed by atoms with Crippen LogP contribution in [-0.4, -0.2) is 24.2 Å². The number of rotatable bonds is 5. The summed E-state index contributed by atoms with van der Waals surface area (Å²) in [6.45, 7) is 4.67. The van der Waals surface area contributed by atoms with Crippen molar-refractivity contribution in [3.63, 3.8) is 0 Å². The third kappa shape index (κ3) is 3.04. The monoisotopic (exact) mass is 214 g/mol. The van der Waals surface area contributed by atoms with Gasteiger partial charge in [-0.15, -0.1) is 11.3 Å². The second kappa shape index (κ2) is 4.87. The van der Waals surface area contributed by atoms with Crippen molar-refractivity contribution in [1.29, 1.82) is 0 Å². The van der Waals surface area contributed by atoms with Crippen molar-refractivity contribution in [3.05, 3.63) is 16.1 Å². The van der Waals surface area contributed by atoms with Crippen molar-refractivity contribution in [1.82, 2.24) is 4.98 Å². The summed E-state index contributed by atoms with van der Waals surface area (Å²) < 4.78 is 5.13. The van der Waals surface area contributed by atoms with Crippen molar-refractivity contribution < 1.29 is 4.74 Å². The summed E-state index contributed by atoms with van der Waals surface area (Å²) in [5.74, 6) is 0. The van der Waals surface area contributed by atoms with Crippen LogP contribution in [0.3, 0.4) is 0 Å². The van der Waals surface area contributed by atoms with Crippen molar-refractivity contribution in [3.8, 4) is 0 Å². The number of hydrogen-bond donors (Lipinski definition) is 1. The molecule has 0 radical (unpaired) electrons. The Morgan fingerprint density at radius 3 is 2.79 bits per heavy atom. The van der Waals surface area contributed by atoms with Crippen molar-refractivity contribution in [2.45, 2.75) is 32.2 Å². The maximum atomic E-state index is 6.19. The predicted molar refractivity (Wildman–Crippen MR) is 59.6 cm³/mol. The van der Waals surface area contributed by atoms with E-state index in [0.29, 0.717) is 6.61 Å². The Balaban J connectivity index is 2.64. The largest absolute Gasteiger partial charge is 0.383 e. The van der Waals surface area contributed by atoms with E-state index in [4.69, 9.17) is 10.5 Å². The molecule has 0 spiro atoms. The average Bonchev–Trinajstić information content (AvgIpc) is 2.51. The molecule has 1 rings (SSSR count). The summed E-state index contributed by atoms with van der Waals surface area (Å²) in [5, 5.41) is 3.15. The maximum absolute atomic E-state index is 6.19. The van der Waals surface area contributed by atoms with Crippen LogP contribution in [0.4, 0.5) is 0 Å². The van der Waals surface area contributed by atoms with E-state index in [0.717, 1.165) is 23.5 Å². The molecule has 0 amide bonds. The third-order valence-electron chi connectivity index (χ3n) is 2.31. The molecule has 80 valence electrons. The lowest BCUT2D eigenvalue weighted by Gasteiger charge is -2.25. The molecule has 0 saturated carbocycles. The van der Waals surface area contributed by atoms with E-state index in [1.807, 2.05) is 6.92 Å². The minimum atomic E-state index is -0.265. The quantitative estimate of drug-likeness (QED) is 0.812. The highest BCUT2D eigenvalue weighted by molar-refractivity contribution is 7.09. The molecule has 14 heavy (non-hydrogen) atoms. The van der Waals surface area contributed by atoms with Crippen LogP contribution >= 0.6 is 11.3 Å². The van der Waals surface area contributed by atoms with E-state index in [-0.39, 0.29) is 5.54 Å². The van der Waals surface area contributed by atoms with Crippen molar-refractivity contribution in [2.24, 2.45) is 5.73 Å². The molecule has 0 saturated heterocycles. The van der Waals surface area contributed by atoms with Gasteiger partial charge in [-0.1, -0.05) is 6.92 Å². The first-order valence-corrected chi connectivity index (χ1v) is 5.66. The molecule has 1 unspecified atom stereocenters. The van der Waals surface area contributed by atoms with Gasteiger partial charge in [-0.2, -0.15) is 0 Å². The summed E-state index contributed by atoms with van der Waals surface area (Å²) in [4.78, 5) is 4.41. The van der Waals surface area contributed by atoms with Gasteiger partial charge >= 0.3 is 0 Å².